The van der Waals surface area contributed by atoms with Gasteiger partial charge < -0.3 is 9.88 Å². The van der Waals surface area contributed by atoms with E-state index in [1.165, 1.54) is 26.8 Å². The summed E-state index contributed by atoms with van der Waals surface area (Å²) in [5, 5.41) is 5.15. The Morgan fingerprint density at radius 1 is 1.09 bits per heavy atom. The number of likely N-dealkylation sites (N-methyl/N-ethyl adjacent to an activating group) is 1. The fourth-order valence-corrected chi connectivity index (χ4v) is 5.63. The first-order chi connectivity index (χ1) is 16.4. The van der Waals surface area contributed by atoms with Gasteiger partial charge in [0.15, 0.2) is 0 Å². The zero-order valence-corrected chi connectivity index (χ0v) is 20.2. The fraction of sp³-hybridized carbons (Fsp3) is 0.333. The minimum absolute atomic E-state index is 0.226. The van der Waals surface area contributed by atoms with Gasteiger partial charge >= 0.3 is 0 Å². The molecule has 1 fully saturated rings. The van der Waals surface area contributed by atoms with Crippen molar-refractivity contribution in [3.63, 3.8) is 0 Å². The van der Waals surface area contributed by atoms with Gasteiger partial charge in [-0.3, -0.25) is 14.6 Å². The van der Waals surface area contributed by atoms with E-state index in [1.54, 1.807) is 14.1 Å². The molecule has 5 rings (SSSR count). The van der Waals surface area contributed by atoms with Crippen LogP contribution in [0.2, 0.25) is 0 Å². The van der Waals surface area contributed by atoms with E-state index in [-0.39, 0.29) is 4.90 Å². The number of aromatic amines is 1. The smallest absolute Gasteiger partial charge is 0.245 e. The van der Waals surface area contributed by atoms with Crippen molar-refractivity contribution in [3.8, 4) is 11.3 Å². The van der Waals surface area contributed by atoms with E-state index >= 15 is 0 Å². The van der Waals surface area contributed by atoms with E-state index in [0.717, 1.165) is 48.6 Å². The third kappa shape index (κ3) is 4.31. The zero-order chi connectivity index (χ0) is 23.7. The van der Waals surface area contributed by atoms with Crippen LogP contribution in [0, 0.1) is 0 Å². The minimum atomic E-state index is -3.52. The number of aryl methyl sites for hydroxylation is 1. The first-order valence-electron chi connectivity index (χ1n) is 11.4. The molecule has 0 saturated carbocycles. The van der Waals surface area contributed by atoms with Crippen LogP contribution in [0.1, 0.15) is 0 Å². The summed E-state index contributed by atoms with van der Waals surface area (Å²) in [6, 6.07) is 12.5. The molecular formula is C24H29N7O2S. The van der Waals surface area contributed by atoms with Gasteiger partial charge in [-0.1, -0.05) is 12.1 Å². The molecule has 0 amide bonds. The lowest BCUT2D eigenvalue weighted by atomic mass is 10.0. The number of sulfonamides is 1. The Kier molecular flexibility index (Phi) is 6.11. The van der Waals surface area contributed by atoms with E-state index in [4.69, 9.17) is 4.98 Å². The molecule has 9 nitrogen and oxygen atoms in total. The van der Waals surface area contributed by atoms with Gasteiger partial charge in [-0.15, -0.1) is 0 Å². The summed E-state index contributed by atoms with van der Waals surface area (Å²) in [5.41, 5.74) is 4.35. The Bertz CT molecular complexity index is 1390. The number of pyridine rings is 1. The lowest BCUT2D eigenvalue weighted by Gasteiger charge is -2.37. The molecule has 1 aliphatic rings. The number of anilines is 1. The maximum atomic E-state index is 12.7. The Morgan fingerprint density at radius 2 is 1.91 bits per heavy atom. The highest BCUT2D eigenvalue weighted by Gasteiger charge is 2.25. The Labute approximate surface area is 199 Å². The SMILES string of the molecule is CN(CCN1CCN(c2cccnc2-c2cccc3[nH]ccc23)CC1)S(=O)(=O)c1cnn(C)c1. The van der Waals surface area contributed by atoms with Gasteiger partial charge in [0.2, 0.25) is 10.0 Å². The number of aromatic nitrogens is 4. The van der Waals surface area contributed by atoms with Gasteiger partial charge in [-0.25, -0.2) is 8.42 Å². The van der Waals surface area contributed by atoms with E-state index in [1.807, 2.05) is 18.5 Å². The van der Waals surface area contributed by atoms with Gasteiger partial charge in [-0.2, -0.15) is 9.40 Å². The summed E-state index contributed by atoms with van der Waals surface area (Å²) < 4.78 is 28.4. The normalized spacial score (nSPS) is 15.4. The van der Waals surface area contributed by atoms with Crippen molar-refractivity contribution in [3.05, 3.63) is 61.2 Å². The average Bonchev–Trinajstić information content (AvgIpc) is 3.52. The number of rotatable bonds is 7. The van der Waals surface area contributed by atoms with Crippen molar-refractivity contribution >= 4 is 26.6 Å². The molecule has 0 spiro atoms. The van der Waals surface area contributed by atoms with E-state index in [9.17, 15) is 8.42 Å². The third-order valence-corrected chi connectivity index (χ3v) is 8.28. The molecule has 1 aliphatic heterocycles. The minimum Gasteiger partial charge on any atom is -0.367 e. The van der Waals surface area contributed by atoms with E-state index < -0.39 is 10.0 Å². The number of nitrogens with zero attached hydrogens (tertiary/aromatic N) is 6. The number of nitrogens with one attached hydrogen (secondary N) is 1. The van der Waals surface area contributed by atoms with Gasteiger partial charge in [0.1, 0.15) is 4.90 Å². The topological polar surface area (TPSA) is 90.4 Å². The van der Waals surface area contributed by atoms with Crippen molar-refractivity contribution in [2.75, 3.05) is 51.2 Å². The predicted octanol–water partition coefficient (Wildman–Crippen LogP) is 2.41. The largest absolute Gasteiger partial charge is 0.367 e. The molecule has 4 aromatic rings. The van der Waals surface area contributed by atoms with Crippen LogP contribution >= 0.6 is 0 Å². The van der Waals surface area contributed by atoms with Gasteiger partial charge in [-0.05, 0) is 24.3 Å². The average molecular weight is 480 g/mol. The molecule has 1 N–H and O–H groups in total. The van der Waals surface area contributed by atoms with Gasteiger partial charge in [0.05, 0.1) is 17.6 Å². The molecule has 0 aliphatic carbocycles. The third-order valence-electron chi connectivity index (χ3n) is 6.47. The molecule has 1 aromatic carbocycles. The van der Waals surface area contributed by atoms with Crippen molar-refractivity contribution in [2.24, 2.45) is 7.05 Å². The number of piperazine rings is 1. The molecule has 0 unspecified atom stereocenters. The summed E-state index contributed by atoms with van der Waals surface area (Å²) in [6.07, 6.45) is 6.73. The van der Waals surface area contributed by atoms with Crippen molar-refractivity contribution in [1.29, 1.82) is 0 Å². The molecule has 3 aromatic heterocycles. The summed E-state index contributed by atoms with van der Waals surface area (Å²) in [6.45, 7) is 4.58. The van der Waals surface area contributed by atoms with E-state index in [0.29, 0.717) is 13.1 Å². The Hall–Kier alpha value is -3.21. The van der Waals surface area contributed by atoms with Crippen LogP contribution in [-0.2, 0) is 17.1 Å². The van der Waals surface area contributed by atoms with Crippen molar-refractivity contribution in [1.82, 2.24) is 29.0 Å². The van der Waals surface area contributed by atoms with Gasteiger partial charge in [0.25, 0.3) is 0 Å². The first-order valence-corrected chi connectivity index (χ1v) is 12.8. The number of H-pyrrole nitrogens is 1. The standard InChI is InChI=1S/C24H29N7O2S/c1-28-18-19(17-27-28)34(32,33)29(2)11-12-30-13-15-31(16-14-30)23-7-4-9-26-24(23)21-5-3-6-22-20(21)8-10-25-22/h3-10,17-18,25H,11-16H2,1-2H3. The maximum Gasteiger partial charge on any atom is 0.245 e. The van der Waals surface area contributed by atoms with Crippen LogP contribution in [0.25, 0.3) is 22.2 Å². The monoisotopic (exact) mass is 479 g/mol. The molecular weight excluding hydrogens is 450 g/mol. The Balaban J connectivity index is 1.24. The van der Waals surface area contributed by atoms with Crippen LogP contribution < -0.4 is 4.90 Å². The number of hydrogen-bond donors (Lipinski definition) is 1. The molecule has 0 bridgehead atoms. The second-order valence-electron chi connectivity index (χ2n) is 8.62. The summed E-state index contributed by atoms with van der Waals surface area (Å²) in [5.74, 6) is 0. The summed E-state index contributed by atoms with van der Waals surface area (Å²) in [4.78, 5) is 12.9. The highest BCUT2D eigenvalue weighted by atomic mass is 32.2. The van der Waals surface area contributed by atoms with Crippen molar-refractivity contribution in [2.45, 2.75) is 4.90 Å². The molecule has 34 heavy (non-hydrogen) atoms. The lowest BCUT2D eigenvalue weighted by Crippen LogP contribution is -2.48. The molecule has 0 atom stereocenters. The lowest BCUT2D eigenvalue weighted by molar-refractivity contribution is 0.244. The molecule has 0 radical (unpaired) electrons. The molecule has 178 valence electrons. The first kappa shape index (κ1) is 22.6. The van der Waals surface area contributed by atoms with E-state index in [2.05, 4.69) is 50.2 Å². The fourth-order valence-electron chi connectivity index (χ4n) is 4.48. The number of hydrogen-bond acceptors (Lipinski definition) is 6. The summed E-state index contributed by atoms with van der Waals surface area (Å²) >= 11 is 0. The van der Waals surface area contributed by atoms with Crippen LogP contribution in [-0.4, -0.2) is 83.7 Å². The molecule has 1 saturated heterocycles. The van der Waals surface area contributed by atoms with Gasteiger partial charge in [0, 0.05) is 88.4 Å². The van der Waals surface area contributed by atoms with Crippen LogP contribution in [0.4, 0.5) is 5.69 Å². The second-order valence-corrected chi connectivity index (χ2v) is 10.7. The zero-order valence-electron chi connectivity index (χ0n) is 19.4. The second kappa shape index (κ2) is 9.21. The van der Waals surface area contributed by atoms with Crippen LogP contribution in [0.3, 0.4) is 0 Å². The molecule has 10 heteroatoms. The number of benzene rings is 1. The summed E-state index contributed by atoms with van der Waals surface area (Å²) in [7, 11) is -0.180. The van der Waals surface area contributed by atoms with Crippen LogP contribution in [0.5, 0.6) is 0 Å². The highest BCUT2D eigenvalue weighted by molar-refractivity contribution is 7.89. The predicted molar refractivity (Wildman–Crippen MR) is 133 cm³/mol. The number of fused-ring (bicyclic) bond motifs is 1. The molecule has 4 heterocycles. The maximum absolute atomic E-state index is 12.7. The quantitative estimate of drug-likeness (QED) is 0.438. The van der Waals surface area contributed by atoms with Crippen LogP contribution in [0.15, 0.2) is 66.1 Å². The Morgan fingerprint density at radius 3 is 2.68 bits per heavy atom. The van der Waals surface area contributed by atoms with Crippen molar-refractivity contribution < 1.29 is 8.42 Å². The highest BCUT2D eigenvalue weighted by Crippen LogP contribution is 2.34.